The Morgan fingerprint density at radius 2 is 2.11 bits per heavy atom. The average molecular weight is 270 g/mol. The van der Waals surface area contributed by atoms with Crippen molar-refractivity contribution >= 4 is 5.91 Å². The minimum absolute atomic E-state index is 0.0935. The number of carbonyl (C=O) groups excluding carboxylic acids is 1. The molecule has 4 atom stereocenters. The van der Waals surface area contributed by atoms with Crippen LogP contribution in [0.2, 0.25) is 0 Å². The topological polar surface area (TPSA) is 52.6 Å². The number of nitrogens with one attached hydrogen (secondary N) is 1. The van der Waals surface area contributed by atoms with E-state index in [9.17, 15) is 9.90 Å². The van der Waals surface area contributed by atoms with Gasteiger partial charge >= 0.3 is 0 Å². The molecule has 0 aromatic heterocycles. The first kappa shape index (κ1) is 16.4. The van der Waals surface area contributed by atoms with Crippen molar-refractivity contribution in [2.75, 3.05) is 13.6 Å². The van der Waals surface area contributed by atoms with E-state index in [-0.39, 0.29) is 24.1 Å². The second kappa shape index (κ2) is 7.85. The van der Waals surface area contributed by atoms with Crippen LogP contribution in [0.1, 0.15) is 52.9 Å². The fraction of sp³-hybridized carbons (Fsp3) is 0.933. The Morgan fingerprint density at radius 3 is 2.63 bits per heavy atom. The number of carbonyl (C=O) groups is 1. The van der Waals surface area contributed by atoms with Crippen LogP contribution in [0, 0.1) is 5.92 Å². The summed E-state index contributed by atoms with van der Waals surface area (Å²) in [7, 11) is 1.97. The summed E-state index contributed by atoms with van der Waals surface area (Å²) in [5.74, 6) is 0.421. The highest BCUT2D eigenvalue weighted by Gasteiger charge is 2.29. The summed E-state index contributed by atoms with van der Waals surface area (Å²) in [6, 6.07) is 0.109. The molecule has 112 valence electrons. The maximum Gasteiger partial charge on any atom is 0.237 e. The molecule has 0 spiro atoms. The van der Waals surface area contributed by atoms with Crippen LogP contribution in [0.25, 0.3) is 0 Å². The van der Waals surface area contributed by atoms with Gasteiger partial charge in [-0.05, 0) is 46.1 Å². The van der Waals surface area contributed by atoms with Gasteiger partial charge in [-0.25, -0.2) is 0 Å². The summed E-state index contributed by atoms with van der Waals surface area (Å²) in [6.07, 6.45) is 5.01. The third kappa shape index (κ3) is 5.11. The monoisotopic (exact) mass is 270 g/mol. The van der Waals surface area contributed by atoms with Crippen LogP contribution in [0.3, 0.4) is 0 Å². The van der Waals surface area contributed by atoms with Crippen molar-refractivity contribution in [2.24, 2.45) is 5.92 Å². The molecule has 4 heteroatoms. The van der Waals surface area contributed by atoms with E-state index in [4.69, 9.17) is 0 Å². The molecule has 0 heterocycles. The maximum atomic E-state index is 12.1. The van der Waals surface area contributed by atoms with Crippen LogP contribution in [0.4, 0.5) is 0 Å². The molecule has 0 bridgehead atoms. The normalized spacial score (nSPS) is 26.4. The van der Waals surface area contributed by atoms with Gasteiger partial charge in [0.1, 0.15) is 0 Å². The van der Waals surface area contributed by atoms with Gasteiger partial charge in [0.25, 0.3) is 0 Å². The van der Waals surface area contributed by atoms with E-state index >= 15 is 0 Å². The molecule has 19 heavy (non-hydrogen) atoms. The van der Waals surface area contributed by atoms with Crippen LogP contribution in [-0.2, 0) is 4.79 Å². The van der Waals surface area contributed by atoms with E-state index < -0.39 is 0 Å². The highest BCUT2D eigenvalue weighted by molar-refractivity contribution is 5.81. The highest BCUT2D eigenvalue weighted by atomic mass is 16.3. The van der Waals surface area contributed by atoms with Gasteiger partial charge in [-0.3, -0.25) is 9.69 Å². The van der Waals surface area contributed by atoms with E-state index in [0.29, 0.717) is 5.92 Å². The Hall–Kier alpha value is -0.610. The van der Waals surface area contributed by atoms with Crippen LogP contribution in [0.5, 0.6) is 0 Å². The van der Waals surface area contributed by atoms with Crippen molar-refractivity contribution in [2.45, 2.75) is 71.1 Å². The third-order valence-electron chi connectivity index (χ3n) is 4.29. The third-order valence-corrected chi connectivity index (χ3v) is 4.29. The van der Waals surface area contributed by atoms with Gasteiger partial charge in [-0.2, -0.15) is 0 Å². The summed E-state index contributed by atoms with van der Waals surface area (Å²) >= 11 is 0. The zero-order valence-electron chi connectivity index (χ0n) is 12.9. The van der Waals surface area contributed by atoms with Gasteiger partial charge in [-0.1, -0.05) is 19.8 Å². The molecule has 4 nitrogen and oxygen atoms in total. The Kier molecular flexibility index (Phi) is 6.80. The first-order valence-electron chi connectivity index (χ1n) is 7.64. The van der Waals surface area contributed by atoms with E-state index in [1.165, 1.54) is 0 Å². The summed E-state index contributed by atoms with van der Waals surface area (Å²) in [6.45, 7) is 6.92. The van der Waals surface area contributed by atoms with E-state index in [0.717, 1.165) is 38.6 Å². The minimum Gasteiger partial charge on any atom is -0.393 e. The van der Waals surface area contributed by atoms with E-state index in [1.807, 2.05) is 14.0 Å². The molecule has 4 unspecified atom stereocenters. The molecule has 1 amide bonds. The molecule has 1 aliphatic carbocycles. The van der Waals surface area contributed by atoms with Crippen LogP contribution >= 0.6 is 0 Å². The fourth-order valence-corrected chi connectivity index (χ4v) is 2.83. The maximum absolute atomic E-state index is 12.1. The lowest BCUT2D eigenvalue weighted by molar-refractivity contribution is -0.126. The van der Waals surface area contributed by atoms with Gasteiger partial charge < -0.3 is 10.4 Å². The second-order valence-electron chi connectivity index (χ2n) is 6.07. The molecule has 1 aliphatic rings. The molecule has 1 rings (SSSR count). The molecule has 1 fully saturated rings. The van der Waals surface area contributed by atoms with E-state index in [1.54, 1.807) is 0 Å². The van der Waals surface area contributed by atoms with Gasteiger partial charge in [0.15, 0.2) is 0 Å². The van der Waals surface area contributed by atoms with Crippen molar-refractivity contribution in [3.8, 4) is 0 Å². The first-order chi connectivity index (χ1) is 8.95. The fourth-order valence-electron chi connectivity index (χ4n) is 2.83. The Labute approximate surface area is 117 Å². The SMILES string of the molecule is CCCC(C)NC(=O)C(C)N(C)CC1CCCC1O. The Morgan fingerprint density at radius 1 is 1.42 bits per heavy atom. The summed E-state index contributed by atoms with van der Waals surface area (Å²) in [5.41, 5.74) is 0. The highest BCUT2D eigenvalue weighted by Crippen LogP contribution is 2.26. The second-order valence-corrected chi connectivity index (χ2v) is 6.07. The van der Waals surface area contributed by atoms with Crippen LogP contribution < -0.4 is 5.32 Å². The lowest BCUT2D eigenvalue weighted by Gasteiger charge is -2.28. The summed E-state index contributed by atoms with van der Waals surface area (Å²) in [4.78, 5) is 14.2. The zero-order valence-corrected chi connectivity index (χ0v) is 12.9. The lowest BCUT2D eigenvalue weighted by Crippen LogP contribution is -2.47. The number of hydrogen-bond acceptors (Lipinski definition) is 3. The molecule has 0 saturated heterocycles. The van der Waals surface area contributed by atoms with Gasteiger partial charge in [0.05, 0.1) is 12.1 Å². The molecule has 0 radical (unpaired) electrons. The molecule has 0 aromatic carbocycles. The van der Waals surface area contributed by atoms with E-state index in [2.05, 4.69) is 24.1 Å². The van der Waals surface area contributed by atoms with Crippen LogP contribution in [0.15, 0.2) is 0 Å². The number of nitrogens with zero attached hydrogens (tertiary/aromatic N) is 1. The number of hydrogen-bond donors (Lipinski definition) is 2. The molecule has 0 aliphatic heterocycles. The number of rotatable bonds is 7. The molecular formula is C15H30N2O2. The number of aliphatic hydroxyl groups excluding tert-OH is 1. The molecule has 1 saturated carbocycles. The van der Waals surface area contributed by atoms with Gasteiger partial charge in [0, 0.05) is 12.6 Å². The van der Waals surface area contributed by atoms with Crippen molar-refractivity contribution in [3.05, 3.63) is 0 Å². The van der Waals surface area contributed by atoms with Crippen molar-refractivity contribution < 1.29 is 9.90 Å². The van der Waals surface area contributed by atoms with Gasteiger partial charge in [0.2, 0.25) is 5.91 Å². The molecule has 2 N–H and O–H groups in total. The van der Waals surface area contributed by atoms with Crippen molar-refractivity contribution in [1.29, 1.82) is 0 Å². The number of likely N-dealkylation sites (N-methyl/N-ethyl adjacent to an activating group) is 1. The van der Waals surface area contributed by atoms with Crippen LogP contribution in [-0.4, -0.2) is 47.7 Å². The average Bonchev–Trinajstić information content (AvgIpc) is 2.74. The van der Waals surface area contributed by atoms with Crippen molar-refractivity contribution in [1.82, 2.24) is 10.2 Å². The summed E-state index contributed by atoms with van der Waals surface area (Å²) in [5, 5.41) is 12.9. The predicted octanol–water partition coefficient (Wildman–Crippen LogP) is 1.77. The quantitative estimate of drug-likeness (QED) is 0.741. The molecule has 0 aromatic rings. The largest absolute Gasteiger partial charge is 0.393 e. The minimum atomic E-state index is -0.184. The predicted molar refractivity (Wildman–Crippen MR) is 78.0 cm³/mol. The zero-order chi connectivity index (χ0) is 14.4. The first-order valence-corrected chi connectivity index (χ1v) is 7.64. The number of amides is 1. The van der Waals surface area contributed by atoms with Gasteiger partial charge in [-0.15, -0.1) is 0 Å². The smallest absolute Gasteiger partial charge is 0.237 e. The Bertz CT molecular complexity index is 283. The van der Waals surface area contributed by atoms with Crippen molar-refractivity contribution in [3.63, 3.8) is 0 Å². The lowest BCUT2D eigenvalue weighted by atomic mass is 10.0. The number of aliphatic hydroxyl groups is 1. The standard InChI is InChI=1S/C15H30N2O2/c1-5-7-11(2)16-15(19)12(3)17(4)10-13-8-6-9-14(13)18/h11-14,18H,5-10H2,1-4H3,(H,16,19). The Balaban J connectivity index is 2.38. The molecular weight excluding hydrogens is 240 g/mol. The summed E-state index contributed by atoms with van der Waals surface area (Å²) < 4.78 is 0.